The van der Waals surface area contributed by atoms with Crippen LogP contribution in [0.15, 0.2) is 12.1 Å². The van der Waals surface area contributed by atoms with Gasteiger partial charge in [-0.15, -0.1) is 0 Å². The Hall–Kier alpha value is -1.84. The van der Waals surface area contributed by atoms with Gasteiger partial charge in [-0.05, 0) is 43.2 Å². The van der Waals surface area contributed by atoms with E-state index in [0.29, 0.717) is 18.5 Å². The highest BCUT2D eigenvalue weighted by atomic mass is 35.5. The quantitative estimate of drug-likeness (QED) is 0.761. The number of carbonyl (C=O) groups excluding carboxylic acids is 1. The third kappa shape index (κ3) is 4.04. The molecule has 0 atom stereocenters. The first-order valence-corrected chi connectivity index (χ1v) is 10.4. The van der Waals surface area contributed by atoms with Gasteiger partial charge in [0.1, 0.15) is 0 Å². The number of amides is 1. The molecule has 0 unspecified atom stereocenters. The Labute approximate surface area is 163 Å². The summed E-state index contributed by atoms with van der Waals surface area (Å²) in [6, 6.07) is 2.44. The van der Waals surface area contributed by atoms with Gasteiger partial charge in [-0.3, -0.25) is 4.79 Å². The van der Waals surface area contributed by atoms with Crippen molar-refractivity contribution in [3.05, 3.63) is 28.3 Å². The lowest BCUT2D eigenvalue weighted by atomic mass is 9.95. The van der Waals surface area contributed by atoms with Gasteiger partial charge in [0.25, 0.3) is 5.91 Å². The van der Waals surface area contributed by atoms with Gasteiger partial charge in [0.2, 0.25) is 0 Å². The number of carbonyl (C=O) groups is 2. The zero-order chi connectivity index (χ0) is 20.0. The highest BCUT2D eigenvalue weighted by Gasteiger charge is 2.46. The SMILES string of the molecule is CN(C)c1cc(C(=O)O)c(Cl)cc1C(=O)NS(=O)(=O)N1CCC2(CC1)CC2. The van der Waals surface area contributed by atoms with Crippen LogP contribution in [0.1, 0.15) is 46.4 Å². The smallest absolute Gasteiger partial charge is 0.337 e. The molecule has 0 bridgehead atoms. The molecule has 10 heteroatoms. The Bertz CT molecular complexity index is 886. The number of nitrogens with zero attached hydrogens (tertiary/aromatic N) is 2. The van der Waals surface area contributed by atoms with Crippen molar-refractivity contribution in [2.24, 2.45) is 5.41 Å². The van der Waals surface area contributed by atoms with Crippen molar-refractivity contribution < 1.29 is 23.1 Å². The Morgan fingerprint density at radius 2 is 1.74 bits per heavy atom. The molecule has 1 amide bonds. The molecule has 3 rings (SSSR count). The minimum absolute atomic E-state index is 0.00533. The number of carboxylic acid groups (broad SMARTS) is 1. The summed E-state index contributed by atoms with van der Waals surface area (Å²) in [4.78, 5) is 25.4. The first-order chi connectivity index (χ1) is 12.5. The molecule has 0 radical (unpaired) electrons. The molecule has 1 aliphatic carbocycles. The van der Waals surface area contributed by atoms with Crippen LogP contribution < -0.4 is 9.62 Å². The maximum absolute atomic E-state index is 12.7. The van der Waals surface area contributed by atoms with Gasteiger partial charge in [0.05, 0.1) is 16.1 Å². The van der Waals surface area contributed by atoms with Gasteiger partial charge in [0, 0.05) is 32.9 Å². The van der Waals surface area contributed by atoms with E-state index >= 15 is 0 Å². The lowest BCUT2D eigenvalue weighted by Gasteiger charge is -2.31. The third-order valence-electron chi connectivity index (χ3n) is 5.34. The van der Waals surface area contributed by atoms with Crippen molar-refractivity contribution in [1.29, 1.82) is 0 Å². The van der Waals surface area contributed by atoms with Gasteiger partial charge < -0.3 is 10.0 Å². The fourth-order valence-corrected chi connectivity index (χ4v) is 4.77. The minimum Gasteiger partial charge on any atom is -0.478 e. The number of carboxylic acids is 1. The molecule has 1 saturated carbocycles. The Balaban J connectivity index is 1.82. The van der Waals surface area contributed by atoms with Gasteiger partial charge in [-0.25, -0.2) is 9.52 Å². The molecule has 2 aliphatic rings. The number of piperidine rings is 1. The summed E-state index contributed by atoms with van der Waals surface area (Å²) in [7, 11) is -0.729. The van der Waals surface area contributed by atoms with Crippen LogP contribution in [0.3, 0.4) is 0 Å². The van der Waals surface area contributed by atoms with E-state index in [1.807, 2.05) is 0 Å². The van der Waals surface area contributed by atoms with E-state index in [-0.39, 0.29) is 21.8 Å². The molecule has 148 valence electrons. The van der Waals surface area contributed by atoms with Crippen molar-refractivity contribution in [2.75, 3.05) is 32.1 Å². The summed E-state index contributed by atoms with van der Waals surface area (Å²) in [5.74, 6) is -2.07. The molecule has 1 spiro atoms. The fraction of sp³-hybridized carbons (Fsp3) is 0.529. The topological polar surface area (TPSA) is 107 Å². The number of benzene rings is 1. The molecule has 1 aromatic carbocycles. The fourth-order valence-electron chi connectivity index (χ4n) is 3.39. The largest absolute Gasteiger partial charge is 0.478 e. The second-order valence-electron chi connectivity index (χ2n) is 7.38. The summed E-state index contributed by atoms with van der Waals surface area (Å²) in [6.07, 6.45) is 3.91. The molecular weight excluding hydrogens is 394 g/mol. The predicted octanol–water partition coefficient (Wildman–Crippen LogP) is 1.95. The number of nitrogens with one attached hydrogen (secondary N) is 1. The van der Waals surface area contributed by atoms with Gasteiger partial charge >= 0.3 is 16.2 Å². The van der Waals surface area contributed by atoms with Gasteiger partial charge in [0.15, 0.2) is 0 Å². The number of hydrogen-bond acceptors (Lipinski definition) is 5. The number of rotatable bonds is 5. The summed E-state index contributed by atoms with van der Waals surface area (Å²) >= 11 is 5.96. The molecule has 2 N–H and O–H groups in total. The zero-order valence-corrected chi connectivity index (χ0v) is 16.7. The second kappa shape index (κ2) is 6.96. The zero-order valence-electron chi connectivity index (χ0n) is 15.2. The van der Waals surface area contributed by atoms with E-state index in [0.717, 1.165) is 25.7 Å². The third-order valence-corrected chi connectivity index (χ3v) is 7.15. The average molecular weight is 416 g/mol. The number of anilines is 1. The summed E-state index contributed by atoms with van der Waals surface area (Å²) in [5.41, 5.74) is 0.411. The Morgan fingerprint density at radius 1 is 1.15 bits per heavy atom. The lowest BCUT2D eigenvalue weighted by Crippen LogP contribution is -2.47. The summed E-state index contributed by atoms with van der Waals surface area (Å²) in [6.45, 7) is 0.781. The lowest BCUT2D eigenvalue weighted by molar-refractivity contribution is 0.0696. The number of aromatic carboxylic acids is 1. The molecule has 0 aromatic heterocycles. The predicted molar refractivity (Wildman–Crippen MR) is 102 cm³/mol. The van der Waals surface area contributed by atoms with Crippen LogP contribution in [-0.2, 0) is 10.2 Å². The van der Waals surface area contributed by atoms with Crippen LogP contribution in [-0.4, -0.2) is 56.9 Å². The monoisotopic (exact) mass is 415 g/mol. The summed E-state index contributed by atoms with van der Waals surface area (Å²) < 4.78 is 28.6. The normalized spacial score (nSPS) is 18.9. The summed E-state index contributed by atoms with van der Waals surface area (Å²) in [5, 5.41) is 9.06. The highest BCUT2D eigenvalue weighted by molar-refractivity contribution is 7.87. The molecule has 2 fully saturated rings. The van der Waals surface area contributed by atoms with Crippen LogP contribution in [0.5, 0.6) is 0 Å². The molecular formula is C17H22ClN3O5S. The van der Waals surface area contributed by atoms with Crippen LogP contribution in [0.25, 0.3) is 0 Å². The van der Waals surface area contributed by atoms with Crippen LogP contribution >= 0.6 is 11.6 Å². The Kier molecular flexibility index (Phi) is 5.13. The standard InChI is InChI=1S/C17H22ClN3O5S/c1-20(2)14-10-11(16(23)24)13(18)9-12(14)15(22)19-27(25,26)21-7-5-17(3-4-17)6-8-21/h9-10H,3-8H2,1-2H3,(H,19,22)(H,23,24). The minimum atomic E-state index is -3.98. The van der Waals surface area contributed by atoms with Crippen LogP contribution in [0.4, 0.5) is 5.69 Å². The second-order valence-corrected chi connectivity index (χ2v) is 9.46. The molecule has 1 saturated heterocycles. The Morgan fingerprint density at radius 3 is 2.22 bits per heavy atom. The van der Waals surface area contributed by atoms with E-state index in [1.54, 1.807) is 14.1 Å². The van der Waals surface area contributed by atoms with Crippen molar-refractivity contribution in [2.45, 2.75) is 25.7 Å². The maximum Gasteiger partial charge on any atom is 0.337 e. The number of hydrogen-bond donors (Lipinski definition) is 2. The molecule has 1 aliphatic heterocycles. The van der Waals surface area contributed by atoms with E-state index in [2.05, 4.69) is 4.72 Å². The number of halogens is 1. The van der Waals surface area contributed by atoms with E-state index in [9.17, 15) is 23.1 Å². The van der Waals surface area contributed by atoms with Crippen LogP contribution in [0.2, 0.25) is 5.02 Å². The van der Waals surface area contributed by atoms with Gasteiger partial charge in [-0.1, -0.05) is 11.6 Å². The molecule has 27 heavy (non-hydrogen) atoms. The first-order valence-electron chi connectivity index (χ1n) is 8.61. The van der Waals surface area contributed by atoms with E-state index < -0.39 is 22.1 Å². The van der Waals surface area contributed by atoms with Crippen LogP contribution in [0, 0.1) is 5.41 Å². The first kappa shape index (κ1) is 19.9. The van der Waals surface area contributed by atoms with Crippen molar-refractivity contribution in [3.63, 3.8) is 0 Å². The molecule has 1 heterocycles. The van der Waals surface area contributed by atoms with E-state index in [1.165, 1.54) is 21.3 Å². The van der Waals surface area contributed by atoms with Crippen molar-refractivity contribution >= 4 is 39.4 Å². The highest BCUT2D eigenvalue weighted by Crippen LogP contribution is 2.53. The maximum atomic E-state index is 12.7. The van der Waals surface area contributed by atoms with Crippen molar-refractivity contribution in [1.82, 2.24) is 9.03 Å². The van der Waals surface area contributed by atoms with E-state index in [4.69, 9.17) is 11.6 Å². The van der Waals surface area contributed by atoms with Crippen molar-refractivity contribution in [3.8, 4) is 0 Å². The molecule has 8 nitrogen and oxygen atoms in total. The van der Waals surface area contributed by atoms with Gasteiger partial charge in [-0.2, -0.15) is 12.7 Å². The molecule has 1 aromatic rings. The average Bonchev–Trinajstić information content (AvgIpc) is 3.32.